The Morgan fingerprint density at radius 1 is 1.25 bits per heavy atom. The summed E-state index contributed by atoms with van der Waals surface area (Å²) in [5.41, 5.74) is -2.34. The van der Waals surface area contributed by atoms with Gasteiger partial charge in [0.1, 0.15) is 5.92 Å². The topological polar surface area (TPSA) is 78.9 Å². The molecule has 2 aliphatic heterocycles. The number of unbranched alkanes of at least 4 members (excludes halogenated alkanes) is 1. The molecule has 0 N–H and O–H groups in total. The number of hydrogen-bond donors (Lipinski definition) is 0. The summed E-state index contributed by atoms with van der Waals surface area (Å²) in [6.07, 6.45) is 3.80. The molecular weight excluding hydrogens is 312 g/mol. The highest BCUT2D eigenvalue weighted by atomic mass is 16.6. The second-order valence-corrected chi connectivity index (χ2v) is 6.37. The lowest BCUT2D eigenvalue weighted by Gasteiger charge is -2.35. The Labute approximate surface area is 142 Å². The first-order chi connectivity index (χ1) is 11.4. The lowest BCUT2D eigenvalue weighted by atomic mass is 9.80. The summed E-state index contributed by atoms with van der Waals surface area (Å²) in [6, 6.07) is 0. The van der Waals surface area contributed by atoms with Crippen LogP contribution in [-0.4, -0.2) is 42.1 Å². The predicted octanol–water partition coefficient (Wildman–Crippen LogP) is 2.35. The average molecular weight is 338 g/mol. The van der Waals surface area contributed by atoms with E-state index in [4.69, 9.17) is 14.2 Å². The van der Waals surface area contributed by atoms with Crippen molar-refractivity contribution >= 4 is 17.7 Å². The Balaban J connectivity index is 2.59. The minimum atomic E-state index is -1.80. The van der Waals surface area contributed by atoms with E-state index in [1.54, 1.807) is 26.8 Å². The van der Waals surface area contributed by atoms with Gasteiger partial charge in [0.15, 0.2) is 5.78 Å². The zero-order valence-electron chi connectivity index (χ0n) is 14.8. The summed E-state index contributed by atoms with van der Waals surface area (Å²) in [6.45, 7) is 7.52. The molecule has 2 aliphatic rings. The third-order valence-electron chi connectivity index (χ3n) is 4.69. The van der Waals surface area contributed by atoms with Crippen LogP contribution in [-0.2, 0) is 28.6 Å². The van der Waals surface area contributed by atoms with Crippen LogP contribution in [0.15, 0.2) is 11.6 Å². The number of carbonyl (C=O) groups excluding carboxylic acids is 3. The second-order valence-electron chi connectivity index (χ2n) is 6.37. The van der Waals surface area contributed by atoms with E-state index in [0.29, 0.717) is 18.4 Å². The first-order valence-electron chi connectivity index (χ1n) is 8.65. The number of rotatable bonds is 6. The number of ether oxygens (including phenoxy) is 3. The van der Waals surface area contributed by atoms with Crippen LogP contribution >= 0.6 is 0 Å². The molecule has 0 aromatic rings. The number of esters is 2. The largest absolute Gasteiger partial charge is 0.465 e. The highest BCUT2D eigenvalue weighted by Crippen LogP contribution is 2.54. The van der Waals surface area contributed by atoms with Crippen molar-refractivity contribution in [3.63, 3.8) is 0 Å². The molecule has 0 unspecified atom stereocenters. The van der Waals surface area contributed by atoms with Crippen molar-refractivity contribution in [1.29, 1.82) is 0 Å². The summed E-state index contributed by atoms with van der Waals surface area (Å²) in [5.74, 6) is -2.29. The van der Waals surface area contributed by atoms with Gasteiger partial charge in [0.25, 0.3) is 0 Å². The van der Waals surface area contributed by atoms with Crippen LogP contribution in [0, 0.1) is 5.92 Å². The summed E-state index contributed by atoms with van der Waals surface area (Å²) in [5, 5.41) is 0. The molecule has 0 saturated carbocycles. The van der Waals surface area contributed by atoms with Crippen LogP contribution in [0.1, 0.15) is 53.4 Å². The van der Waals surface area contributed by atoms with Crippen molar-refractivity contribution in [2.75, 3.05) is 13.2 Å². The molecule has 0 spiro atoms. The third-order valence-corrected chi connectivity index (χ3v) is 4.69. The maximum atomic E-state index is 12.7. The van der Waals surface area contributed by atoms with Crippen LogP contribution in [0.2, 0.25) is 0 Å². The van der Waals surface area contributed by atoms with E-state index in [1.165, 1.54) is 0 Å². The lowest BCUT2D eigenvalue weighted by Crippen LogP contribution is -2.53. The molecule has 3 atom stereocenters. The predicted molar refractivity (Wildman–Crippen MR) is 86.2 cm³/mol. The van der Waals surface area contributed by atoms with Gasteiger partial charge in [0, 0.05) is 6.42 Å². The van der Waals surface area contributed by atoms with Crippen LogP contribution < -0.4 is 0 Å². The molecule has 6 heteroatoms. The van der Waals surface area contributed by atoms with Gasteiger partial charge in [-0.15, -0.1) is 0 Å². The first-order valence-corrected chi connectivity index (χ1v) is 8.65. The fourth-order valence-electron chi connectivity index (χ4n) is 3.62. The van der Waals surface area contributed by atoms with Crippen molar-refractivity contribution < 1.29 is 28.6 Å². The molecule has 0 aliphatic carbocycles. The third kappa shape index (κ3) is 2.77. The zero-order chi connectivity index (χ0) is 18.0. The number of hydrogen-bond acceptors (Lipinski definition) is 6. The Hall–Kier alpha value is -1.69. The van der Waals surface area contributed by atoms with Crippen molar-refractivity contribution in [3.05, 3.63) is 11.6 Å². The molecule has 24 heavy (non-hydrogen) atoms. The van der Waals surface area contributed by atoms with Crippen molar-refractivity contribution in [2.24, 2.45) is 5.92 Å². The Kier molecular flexibility index (Phi) is 5.48. The monoisotopic (exact) mass is 338 g/mol. The van der Waals surface area contributed by atoms with Crippen molar-refractivity contribution in [2.45, 2.75) is 64.6 Å². The Morgan fingerprint density at radius 3 is 2.50 bits per heavy atom. The van der Waals surface area contributed by atoms with Crippen molar-refractivity contribution in [1.82, 2.24) is 0 Å². The van der Waals surface area contributed by atoms with Crippen LogP contribution in [0.25, 0.3) is 0 Å². The molecule has 2 rings (SSSR count). The summed E-state index contributed by atoms with van der Waals surface area (Å²) < 4.78 is 16.3. The van der Waals surface area contributed by atoms with Crippen LogP contribution in [0.3, 0.4) is 0 Å². The zero-order valence-corrected chi connectivity index (χ0v) is 14.8. The van der Waals surface area contributed by atoms with E-state index >= 15 is 0 Å². The average Bonchev–Trinajstić information content (AvgIpc) is 2.76. The van der Waals surface area contributed by atoms with Gasteiger partial charge in [-0.3, -0.25) is 9.59 Å². The van der Waals surface area contributed by atoms with E-state index in [2.05, 4.69) is 0 Å². The van der Waals surface area contributed by atoms with Gasteiger partial charge in [-0.05, 0) is 39.2 Å². The molecule has 134 valence electrons. The molecule has 0 amide bonds. The Morgan fingerprint density at radius 2 is 1.92 bits per heavy atom. The van der Waals surface area contributed by atoms with E-state index in [1.807, 2.05) is 6.92 Å². The SMILES string of the molecule is CCC/C=C1\[C@H](C(=O)OCC)[C@@]2(C)CCC(=O)[C@]1(C(=O)OCC)O2. The fraction of sp³-hybridized carbons (Fsp3) is 0.722. The summed E-state index contributed by atoms with van der Waals surface area (Å²) in [4.78, 5) is 38.0. The van der Waals surface area contributed by atoms with Crippen molar-refractivity contribution in [3.8, 4) is 0 Å². The van der Waals surface area contributed by atoms with E-state index in [0.717, 1.165) is 6.42 Å². The van der Waals surface area contributed by atoms with Gasteiger partial charge in [-0.2, -0.15) is 0 Å². The molecule has 0 radical (unpaired) electrons. The number of Topliss-reactive ketones (excluding diaryl/α,β-unsaturated/α-hetero) is 1. The number of allylic oxidation sites excluding steroid dienone is 1. The maximum Gasteiger partial charge on any atom is 0.350 e. The molecule has 2 fully saturated rings. The normalized spacial score (nSPS) is 33.6. The highest BCUT2D eigenvalue weighted by Gasteiger charge is 2.70. The molecule has 2 bridgehead atoms. The molecule has 0 aromatic heterocycles. The first kappa shape index (κ1) is 18.6. The van der Waals surface area contributed by atoms with Gasteiger partial charge >= 0.3 is 11.9 Å². The lowest BCUT2D eigenvalue weighted by molar-refractivity contribution is -0.191. The molecule has 2 heterocycles. The maximum absolute atomic E-state index is 12.7. The minimum absolute atomic E-state index is 0.138. The molecular formula is C18H26O6. The fourth-order valence-corrected chi connectivity index (χ4v) is 3.62. The number of carbonyl (C=O) groups is 3. The van der Waals surface area contributed by atoms with Gasteiger partial charge in [-0.25, -0.2) is 4.79 Å². The summed E-state index contributed by atoms with van der Waals surface area (Å²) in [7, 11) is 0. The van der Waals surface area contributed by atoms with Gasteiger partial charge in [0.05, 0.1) is 18.8 Å². The van der Waals surface area contributed by atoms with E-state index in [9.17, 15) is 14.4 Å². The van der Waals surface area contributed by atoms with Gasteiger partial charge in [-0.1, -0.05) is 19.4 Å². The molecule has 2 saturated heterocycles. The second kappa shape index (κ2) is 7.05. The van der Waals surface area contributed by atoms with Crippen LogP contribution in [0.4, 0.5) is 0 Å². The molecule has 6 nitrogen and oxygen atoms in total. The standard InChI is InChI=1S/C18H26O6/c1-5-8-9-12-14(15(20)22-6-2)17(4)11-10-13(19)18(12,24-17)16(21)23-7-3/h9,14H,5-8,10-11H2,1-4H3/b12-9+/t14-,17-,18-/m1/s1. The highest BCUT2D eigenvalue weighted by molar-refractivity contribution is 6.13. The molecule has 0 aromatic carbocycles. The van der Waals surface area contributed by atoms with E-state index in [-0.39, 0.29) is 25.4 Å². The van der Waals surface area contributed by atoms with Gasteiger partial charge in [0.2, 0.25) is 5.60 Å². The Bertz CT molecular complexity index is 566. The van der Waals surface area contributed by atoms with Gasteiger partial charge < -0.3 is 14.2 Å². The van der Waals surface area contributed by atoms with E-state index < -0.39 is 29.1 Å². The smallest absolute Gasteiger partial charge is 0.350 e. The minimum Gasteiger partial charge on any atom is -0.465 e. The number of ketones is 1. The van der Waals surface area contributed by atoms with Crippen LogP contribution in [0.5, 0.6) is 0 Å². The number of fused-ring (bicyclic) bond motifs is 2. The quantitative estimate of drug-likeness (QED) is 0.420. The summed E-state index contributed by atoms with van der Waals surface area (Å²) >= 11 is 0.